The maximum atomic E-state index is 12.9. The van der Waals surface area contributed by atoms with Gasteiger partial charge in [0.25, 0.3) is 21.9 Å². The van der Waals surface area contributed by atoms with Crippen LogP contribution in [0.3, 0.4) is 0 Å². The summed E-state index contributed by atoms with van der Waals surface area (Å²) in [6.45, 7) is 1.51. The average Bonchev–Trinajstić information content (AvgIpc) is 3.86. The molecule has 0 aliphatic rings. The lowest BCUT2D eigenvalue weighted by atomic mass is 10.1. The number of unbranched alkanes of at least 4 members (excludes halogenated alkanes) is 2. The Labute approximate surface area is 322 Å². The predicted octanol–water partition coefficient (Wildman–Crippen LogP) is 2.81. The van der Waals surface area contributed by atoms with Gasteiger partial charge >= 0.3 is 5.97 Å². The number of fused-ring (bicyclic) bond motifs is 1. The van der Waals surface area contributed by atoms with Gasteiger partial charge in [0.1, 0.15) is 10.9 Å². The van der Waals surface area contributed by atoms with Crippen molar-refractivity contribution in [2.75, 3.05) is 25.0 Å². The number of carbonyl (C=O) groups excluding carboxylic acids is 3. The molecule has 0 spiro atoms. The monoisotopic (exact) mass is 786 g/mol. The summed E-state index contributed by atoms with van der Waals surface area (Å²) in [6.07, 6.45) is 10.3. The van der Waals surface area contributed by atoms with E-state index in [0.29, 0.717) is 61.7 Å². The third-order valence-corrected chi connectivity index (χ3v) is 9.40. The zero-order chi connectivity index (χ0) is 39.9. The number of H-pyrrole nitrogens is 1. The Bertz CT molecular complexity index is 2260. The number of carbonyl (C=O) groups is 4. The molecule has 0 radical (unpaired) electrons. The number of nitrogens with zero attached hydrogens (tertiary/aromatic N) is 5. The molecule has 5 rings (SSSR count). The lowest BCUT2D eigenvalue weighted by Crippen LogP contribution is -2.48. The Morgan fingerprint density at radius 1 is 0.911 bits per heavy atom. The van der Waals surface area contributed by atoms with Gasteiger partial charge in [-0.05, 0) is 55.7 Å². The summed E-state index contributed by atoms with van der Waals surface area (Å²) in [6, 6.07) is 12.9. The van der Waals surface area contributed by atoms with Crippen molar-refractivity contribution in [2.24, 2.45) is 4.99 Å². The minimum atomic E-state index is -4.39. The number of aliphatic imine (C=N–C) groups is 1. The first kappa shape index (κ1) is 40.7. The van der Waals surface area contributed by atoms with Gasteiger partial charge in [-0.15, -0.1) is 0 Å². The molecule has 0 aliphatic carbocycles. The highest BCUT2D eigenvalue weighted by Gasteiger charge is 2.21. The van der Waals surface area contributed by atoms with E-state index >= 15 is 0 Å². The number of carboxylic acid groups (broad SMARTS) is 1. The minimum Gasteiger partial charge on any atom is -0.480 e. The molecule has 0 saturated carbocycles. The summed E-state index contributed by atoms with van der Waals surface area (Å²) in [4.78, 5) is 65.0. The molecule has 5 aromatic rings. The Morgan fingerprint density at radius 2 is 1.71 bits per heavy atom. The molecule has 0 aliphatic heterocycles. The number of aryl methyl sites for hydroxylation is 1. The molecule has 294 valence electrons. The highest BCUT2D eigenvalue weighted by atomic mass is 32.2. The van der Waals surface area contributed by atoms with Crippen molar-refractivity contribution < 1.29 is 37.3 Å². The Morgan fingerprint density at radius 3 is 2.46 bits per heavy atom. The van der Waals surface area contributed by atoms with E-state index in [1.165, 1.54) is 30.6 Å². The van der Waals surface area contributed by atoms with Crippen molar-refractivity contribution in [1.29, 1.82) is 0 Å². The lowest BCUT2D eigenvalue weighted by molar-refractivity contribution is -0.141. The minimum absolute atomic E-state index is 0.0699. The molecule has 56 heavy (non-hydrogen) atoms. The first-order chi connectivity index (χ1) is 27.0. The van der Waals surface area contributed by atoms with E-state index in [1.54, 1.807) is 55.0 Å². The SMILES string of the molecule is O=C(CCCCCNC(=O)c1ccc(CN=Cc2ccccc2S(=O)(=O)O)nc1)N[C@@H](CNC(=O)c1ccc2c(cnn2CCCNc2ncc[nH]2)c1)C(=O)O. The number of nitrogens with one attached hydrogen (secondary N) is 5. The van der Waals surface area contributed by atoms with Gasteiger partial charge in [-0.25, -0.2) is 9.78 Å². The van der Waals surface area contributed by atoms with Gasteiger partial charge in [-0.1, -0.05) is 24.6 Å². The van der Waals surface area contributed by atoms with Crippen LogP contribution in [0.25, 0.3) is 10.9 Å². The van der Waals surface area contributed by atoms with Gasteiger partial charge in [0.05, 0.1) is 29.5 Å². The smallest absolute Gasteiger partial charge is 0.328 e. The number of aliphatic carboxylic acids is 1. The largest absolute Gasteiger partial charge is 0.480 e. The maximum Gasteiger partial charge on any atom is 0.328 e. The number of carboxylic acids is 1. The molecule has 0 bridgehead atoms. The average molecular weight is 787 g/mol. The maximum absolute atomic E-state index is 12.9. The second kappa shape index (κ2) is 19.7. The molecule has 0 saturated heterocycles. The van der Waals surface area contributed by atoms with Crippen molar-refractivity contribution in [2.45, 2.75) is 56.1 Å². The Kier molecular flexibility index (Phi) is 14.3. The van der Waals surface area contributed by atoms with E-state index in [2.05, 4.69) is 46.3 Å². The zero-order valence-electron chi connectivity index (χ0n) is 30.2. The number of aromatic amines is 1. The summed E-state index contributed by atoms with van der Waals surface area (Å²) >= 11 is 0. The fraction of sp³-hybridized carbons (Fsp3) is 0.297. The topological polar surface area (TPSA) is 263 Å². The molecular weight excluding hydrogens is 745 g/mol. The first-order valence-corrected chi connectivity index (χ1v) is 19.2. The number of benzene rings is 2. The molecule has 7 N–H and O–H groups in total. The van der Waals surface area contributed by atoms with Crippen LogP contribution in [0.4, 0.5) is 5.95 Å². The molecule has 3 amide bonds. The number of anilines is 1. The second-order valence-corrected chi connectivity index (χ2v) is 14.0. The molecule has 3 aromatic heterocycles. The molecule has 0 unspecified atom stereocenters. The van der Waals surface area contributed by atoms with Crippen molar-refractivity contribution in [3.05, 3.63) is 102 Å². The van der Waals surface area contributed by atoms with Gasteiger partial charge in [-0.3, -0.25) is 33.6 Å². The molecule has 0 fully saturated rings. The first-order valence-electron chi connectivity index (χ1n) is 17.8. The van der Waals surface area contributed by atoms with Gasteiger partial charge in [0.15, 0.2) is 5.95 Å². The van der Waals surface area contributed by atoms with Gasteiger partial charge in [-0.2, -0.15) is 13.5 Å². The molecule has 19 heteroatoms. The van der Waals surface area contributed by atoms with Crippen molar-refractivity contribution in [3.63, 3.8) is 0 Å². The molecule has 2 aromatic carbocycles. The fourth-order valence-corrected chi connectivity index (χ4v) is 6.24. The summed E-state index contributed by atoms with van der Waals surface area (Å²) in [5, 5.41) is 25.8. The van der Waals surface area contributed by atoms with Gasteiger partial charge in [0.2, 0.25) is 5.91 Å². The number of rotatable bonds is 21. The highest BCUT2D eigenvalue weighted by molar-refractivity contribution is 7.86. The van der Waals surface area contributed by atoms with E-state index in [9.17, 15) is 37.3 Å². The van der Waals surface area contributed by atoms with E-state index in [4.69, 9.17) is 0 Å². The van der Waals surface area contributed by atoms with E-state index in [1.807, 2.05) is 4.68 Å². The van der Waals surface area contributed by atoms with Crippen molar-refractivity contribution in [3.8, 4) is 0 Å². The molecule has 1 atom stereocenters. The van der Waals surface area contributed by atoms with Crippen LogP contribution in [0.15, 0.2) is 89.3 Å². The Hall–Kier alpha value is -6.47. The standard InChI is InChI=1S/C37H42N10O8S/c48-33(9-2-1-5-14-39-35(50)27-10-12-29(43-21-27)23-38-20-26-7-3-4-8-32(26)56(53,54)55)46-30(36(51)52)24-44-34(49)25-11-13-31-28(19-25)22-45-47(31)18-6-15-40-37-41-16-17-42-37/h3-4,7-8,10-13,16-17,19-22,30H,1-2,5-6,9,14-15,18,23-24H2,(H,39,50)(H,44,49)(H,46,48)(H,51,52)(H2,40,41,42)(H,53,54,55)/t30-/m0/s1. The van der Waals surface area contributed by atoms with Crippen LogP contribution in [-0.4, -0.2) is 98.4 Å². The Balaban J connectivity index is 0.963. The van der Waals surface area contributed by atoms with Crippen LogP contribution in [-0.2, 0) is 32.8 Å². The summed E-state index contributed by atoms with van der Waals surface area (Å²) in [5.74, 6) is -1.87. The number of aromatic nitrogens is 5. The number of pyridine rings is 1. The molecule has 3 heterocycles. The van der Waals surface area contributed by atoms with E-state index in [-0.39, 0.29) is 35.9 Å². The molecule has 18 nitrogen and oxygen atoms in total. The highest BCUT2D eigenvalue weighted by Crippen LogP contribution is 2.17. The lowest BCUT2D eigenvalue weighted by Gasteiger charge is -2.15. The quantitative estimate of drug-likeness (QED) is 0.0322. The van der Waals surface area contributed by atoms with Crippen LogP contribution in [0.2, 0.25) is 0 Å². The third kappa shape index (κ3) is 12.0. The van der Waals surface area contributed by atoms with E-state index < -0.39 is 33.9 Å². The van der Waals surface area contributed by atoms with Crippen molar-refractivity contribution in [1.82, 2.24) is 40.7 Å². The number of hydrogen-bond acceptors (Lipinski definition) is 11. The fourth-order valence-electron chi connectivity index (χ4n) is 5.57. The van der Waals surface area contributed by atoms with Crippen LogP contribution in [0.1, 0.15) is 64.1 Å². The predicted molar refractivity (Wildman–Crippen MR) is 206 cm³/mol. The number of hydrogen-bond donors (Lipinski definition) is 7. The summed E-state index contributed by atoms with van der Waals surface area (Å²) in [7, 11) is -4.39. The van der Waals surface area contributed by atoms with Crippen LogP contribution in [0.5, 0.6) is 0 Å². The van der Waals surface area contributed by atoms with Gasteiger partial charge < -0.3 is 31.4 Å². The summed E-state index contributed by atoms with van der Waals surface area (Å²) in [5.41, 5.74) is 2.29. The third-order valence-electron chi connectivity index (χ3n) is 8.48. The van der Waals surface area contributed by atoms with E-state index in [0.717, 1.165) is 17.3 Å². The molecular formula is C37H42N10O8S. The zero-order valence-corrected chi connectivity index (χ0v) is 31.0. The number of amides is 3. The van der Waals surface area contributed by atoms with Crippen LogP contribution >= 0.6 is 0 Å². The van der Waals surface area contributed by atoms with Crippen LogP contribution in [0, 0.1) is 0 Å². The number of imidazole rings is 1. The van der Waals surface area contributed by atoms with Gasteiger partial charge in [0, 0.05) is 73.9 Å². The van der Waals surface area contributed by atoms with Crippen LogP contribution < -0.4 is 21.3 Å². The van der Waals surface area contributed by atoms with Crippen molar-refractivity contribution >= 4 is 56.9 Å². The summed E-state index contributed by atoms with van der Waals surface area (Å²) < 4.78 is 34.3. The normalized spacial score (nSPS) is 12.0. The second-order valence-electron chi connectivity index (χ2n) is 12.6.